The highest BCUT2D eigenvalue weighted by atomic mass is 16.7. The molecule has 1 fully saturated rings. The molecule has 1 saturated heterocycles. The zero-order valence-corrected chi connectivity index (χ0v) is 7.93. The molecule has 76 valence electrons. The third kappa shape index (κ3) is 1.44. The fourth-order valence-electron chi connectivity index (χ4n) is 1.40. The van der Waals surface area contributed by atoms with Crippen molar-refractivity contribution in [3.8, 4) is 0 Å². The van der Waals surface area contributed by atoms with Gasteiger partial charge in [0.2, 0.25) is 0 Å². The predicted octanol–water partition coefficient (Wildman–Crippen LogP) is -0.220. The van der Waals surface area contributed by atoms with Gasteiger partial charge in [0.25, 0.3) is 5.91 Å². The molecule has 2 N–H and O–H groups in total. The second-order valence-electron chi connectivity index (χ2n) is 3.20. The highest BCUT2D eigenvalue weighted by Gasteiger charge is 2.24. The molecule has 0 saturated carbocycles. The van der Waals surface area contributed by atoms with Crippen molar-refractivity contribution in [1.82, 2.24) is 14.8 Å². The van der Waals surface area contributed by atoms with Crippen molar-refractivity contribution in [2.45, 2.75) is 6.42 Å². The molecule has 1 aliphatic rings. The number of hydroxylamine groups is 2. The van der Waals surface area contributed by atoms with E-state index < -0.39 is 0 Å². The van der Waals surface area contributed by atoms with Crippen molar-refractivity contribution in [2.24, 2.45) is 7.05 Å². The lowest BCUT2D eigenvalue weighted by molar-refractivity contribution is -0.0771. The molecule has 1 aromatic heterocycles. The maximum absolute atomic E-state index is 11.7. The van der Waals surface area contributed by atoms with Crippen molar-refractivity contribution in [3.05, 3.63) is 11.9 Å². The van der Waals surface area contributed by atoms with Crippen molar-refractivity contribution >= 4 is 11.6 Å². The van der Waals surface area contributed by atoms with Gasteiger partial charge in [-0.1, -0.05) is 0 Å². The molecule has 6 heteroatoms. The molecule has 14 heavy (non-hydrogen) atoms. The van der Waals surface area contributed by atoms with Crippen LogP contribution < -0.4 is 5.73 Å². The van der Waals surface area contributed by atoms with Gasteiger partial charge in [-0.25, -0.2) is 5.06 Å². The monoisotopic (exact) mass is 196 g/mol. The molecule has 6 nitrogen and oxygen atoms in total. The van der Waals surface area contributed by atoms with Crippen LogP contribution in [0.4, 0.5) is 5.69 Å². The number of nitrogen functional groups attached to an aromatic ring is 1. The summed E-state index contributed by atoms with van der Waals surface area (Å²) in [7, 11) is 1.72. The smallest absolute Gasteiger partial charge is 0.300 e. The molecular formula is C8H12N4O2. The van der Waals surface area contributed by atoms with Crippen LogP contribution in [-0.4, -0.2) is 33.9 Å². The van der Waals surface area contributed by atoms with Gasteiger partial charge in [0.05, 0.1) is 18.8 Å². The summed E-state index contributed by atoms with van der Waals surface area (Å²) in [4.78, 5) is 16.8. The lowest BCUT2D eigenvalue weighted by Gasteiger charge is -2.11. The van der Waals surface area contributed by atoms with E-state index in [-0.39, 0.29) is 11.6 Å². The van der Waals surface area contributed by atoms with E-state index in [2.05, 4.69) is 5.10 Å². The first-order valence-electron chi connectivity index (χ1n) is 4.42. The van der Waals surface area contributed by atoms with E-state index in [1.54, 1.807) is 13.2 Å². The minimum atomic E-state index is -0.263. The van der Waals surface area contributed by atoms with E-state index in [0.717, 1.165) is 6.42 Å². The summed E-state index contributed by atoms with van der Waals surface area (Å²) < 4.78 is 1.51. The standard InChI is InChI=1S/C8H12N4O2/c1-11-5-6(9)7(10-11)8(13)12-3-2-4-14-12/h5H,2-4,9H2,1H3. The first kappa shape index (κ1) is 9.01. The minimum Gasteiger partial charge on any atom is -0.396 e. The first-order valence-corrected chi connectivity index (χ1v) is 4.42. The number of aryl methyl sites for hydroxylation is 1. The van der Waals surface area contributed by atoms with E-state index in [9.17, 15) is 4.79 Å². The Morgan fingerprint density at radius 2 is 2.50 bits per heavy atom. The number of nitrogens with zero attached hydrogens (tertiary/aromatic N) is 3. The number of hydrogen-bond acceptors (Lipinski definition) is 4. The molecule has 2 rings (SSSR count). The van der Waals surface area contributed by atoms with Gasteiger partial charge in [-0.2, -0.15) is 5.10 Å². The Kier molecular flexibility index (Phi) is 2.12. The Labute approximate surface area is 81.2 Å². The van der Waals surface area contributed by atoms with Crippen LogP contribution in [0, 0.1) is 0 Å². The van der Waals surface area contributed by atoms with Gasteiger partial charge in [0.1, 0.15) is 0 Å². The van der Waals surface area contributed by atoms with Crippen LogP contribution in [0.5, 0.6) is 0 Å². The summed E-state index contributed by atoms with van der Waals surface area (Å²) >= 11 is 0. The van der Waals surface area contributed by atoms with E-state index in [1.807, 2.05) is 0 Å². The Morgan fingerprint density at radius 3 is 3.00 bits per heavy atom. The summed E-state index contributed by atoms with van der Waals surface area (Å²) in [5.74, 6) is -0.263. The number of carbonyl (C=O) groups excluding carboxylic acids is 1. The Morgan fingerprint density at radius 1 is 1.71 bits per heavy atom. The number of amides is 1. The lowest BCUT2D eigenvalue weighted by Crippen LogP contribution is -2.27. The predicted molar refractivity (Wildman–Crippen MR) is 49.2 cm³/mol. The first-order chi connectivity index (χ1) is 6.68. The van der Waals surface area contributed by atoms with Gasteiger partial charge < -0.3 is 5.73 Å². The molecule has 0 atom stereocenters. The van der Waals surface area contributed by atoms with E-state index in [4.69, 9.17) is 10.6 Å². The van der Waals surface area contributed by atoms with E-state index in [0.29, 0.717) is 18.8 Å². The highest BCUT2D eigenvalue weighted by Crippen LogP contribution is 2.14. The van der Waals surface area contributed by atoms with Gasteiger partial charge in [-0.05, 0) is 6.42 Å². The highest BCUT2D eigenvalue weighted by molar-refractivity contribution is 5.96. The second-order valence-corrected chi connectivity index (χ2v) is 3.20. The molecule has 1 aromatic rings. The van der Waals surface area contributed by atoms with Gasteiger partial charge in [0.15, 0.2) is 5.69 Å². The van der Waals surface area contributed by atoms with Gasteiger partial charge in [-0.3, -0.25) is 14.3 Å². The lowest BCUT2D eigenvalue weighted by atomic mass is 10.3. The molecule has 1 amide bonds. The van der Waals surface area contributed by atoms with Crippen LogP contribution in [0.15, 0.2) is 6.20 Å². The minimum absolute atomic E-state index is 0.259. The summed E-state index contributed by atoms with van der Waals surface area (Å²) in [6, 6.07) is 0. The zero-order chi connectivity index (χ0) is 10.1. The maximum atomic E-state index is 11.7. The van der Waals surface area contributed by atoms with Crippen molar-refractivity contribution < 1.29 is 9.63 Å². The molecule has 1 aliphatic heterocycles. The normalized spacial score (nSPS) is 16.2. The number of carbonyl (C=O) groups is 1. The summed E-state index contributed by atoms with van der Waals surface area (Å²) in [5, 5.41) is 5.28. The van der Waals surface area contributed by atoms with Crippen LogP contribution in [0.1, 0.15) is 16.9 Å². The number of anilines is 1. The van der Waals surface area contributed by atoms with Crippen molar-refractivity contribution in [3.63, 3.8) is 0 Å². The SMILES string of the molecule is Cn1cc(N)c(C(=O)N2CCCO2)n1. The molecule has 0 unspecified atom stereocenters. The number of aromatic nitrogens is 2. The van der Waals surface area contributed by atoms with E-state index in [1.165, 1.54) is 9.75 Å². The third-order valence-electron chi connectivity index (χ3n) is 2.04. The van der Waals surface area contributed by atoms with Gasteiger partial charge in [-0.15, -0.1) is 0 Å². The van der Waals surface area contributed by atoms with Crippen LogP contribution >= 0.6 is 0 Å². The van der Waals surface area contributed by atoms with Crippen molar-refractivity contribution in [2.75, 3.05) is 18.9 Å². The summed E-state index contributed by atoms with van der Waals surface area (Å²) in [6.45, 7) is 1.19. The quantitative estimate of drug-likeness (QED) is 0.674. The third-order valence-corrected chi connectivity index (χ3v) is 2.04. The Balaban J connectivity index is 2.21. The molecular weight excluding hydrogens is 184 g/mol. The molecule has 0 aliphatic carbocycles. The second kappa shape index (κ2) is 3.30. The zero-order valence-electron chi connectivity index (χ0n) is 7.93. The fraction of sp³-hybridized carbons (Fsp3) is 0.500. The molecule has 0 spiro atoms. The van der Waals surface area contributed by atoms with Crippen LogP contribution in [0.2, 0.25) is 0 Å². The molecule has 0 bridgehead atoms. The summed E-state index contributed by atoms with van der Waals surface area (Å²) in [6.07, 6.45) is 2.46. The average molecular weight is 196 g/mol. The van der Waals surface area contributed by atoms with Gasteiger partial charge in [0, 0.05) is 13.2 Å². The van der Waals surface area contributed by atoms with E-state index >= 15 is 0 Å². The molecule has 0 radical (unpaired) electrons. The topological polar surface area (TPSA) is 73.4 Å². The van der Waals surface area contributed by atoms with Crippen molar-refractivity contribution in [1.29, 1.82) is 0 Å². The average Bonchev–Trinajstić information content (AvgIpc) is 2.73. The maximum Gasteiger partial charge on any atom is 0.300 e. The summed E-state index contributed by atoms with van der Waals surface area (Å²) in [5.41, 5.74) is 6.26. The largest absolute Gasteiger partial charge is 0.396 e. The molecule has 0 aromatic carbocycles. The number of rotatable bonds is 1. The fourth-order valence-corrected chi connectivity index (χ4v) is 1.40. The van der Waals surface area contributed by atoms with Gasteiger partial charge >= 0.3 is 0 Å². The van der Waals surface area contributed by atoms with Crippen LogP contribution in [0.25, 0.3) is 0 Å². The number of hydrogen-bond donors (Lipinski definition) is 1. The Bertz CT molecular complexity index is 354. The Hall–Kier alpha value is -1.56. The molecule has 2 heterocycles. The van der Waals surface area contributed by atoms with Crippen LogP contribution in [0.3, 0.4) is 0 Å². The number of nitrogens with two attached hydrogens (primary N) is 1. The van der Waals surface area contributed by atoms with Crippen LogP contribution in [-0.2, 0) is 11.9 Å².